The second-order valence-corrected chi connectivity index (χ2v) is 4.94. The first-order valence-corrected chi connectivity index (χ1v) is 6.43. The standard InChI is InChI=1S/C14H10Cl2FNO2/c15-9-2-4-13(11(16)6-9)18-7-8-1-3-10(14(19)20)12(17)5-8/h1-6,18H,7H2,(H,19,20). The molecule has 6 heteroatoms. The highest BCUT2D eigenvalue weighted by molar-refractivity contribution is 6.36. The van der Waals surface area contributed by atoms with Crippen LogP contribution < -0.4 is 5.32 Å². The molecule has 0 heterocycles. The molecule has 0 saturated heterocycles. The van der Waals surface area contributed by atoms with Crippen LogP contribution >= 0.6 is 23.2 Å². The third-order valence-corrected chi connectivity index (χ3v) is 3.23. The molecule has 2 aromatic rings. The molecular formula is C14H10Cl2FNO2. The first-order chi connectivity index (χ1) is 9.47. The molecule has 0 aromatic heterocycles. The number of hydrogen-bond donors (Lipinski definition) is 2. The fourth-order valence-corrected chi connectivity index (χ4v) is 2.15. The highest BCUT2D eigenvalue weighted by atomic mass is 35.5. The SMILES string of the molecule is O=C(O)c1ccc(CNc2ccc(Cl)cc2Cl)cc1F. The number of carboxylic acid groups (broad SMARTS) is 1. The highest BCUT2D eigenvalue weighted by Crippen LogP contribution is 2.25. The Balaban J connectivity index is 2.11. The van der Waals surface area contributed by atoms with Gasteiger partial charge in [0.05, 0.1) is 16.3 Å². The van der Waals surface area contributed by atoms with Gasteiger partial charge in [0.25, 0.3) is 0 Å². The van der Waals surface area contributed by atoms with Crippen molar-refractivity contribution in [2.24, 2.45) is 0 Å². The minimum absolute atomic E-state index is 0.318. The maximum atomic E-state index is 13.5. The van der Waals surface area contributed by atoms with Gasteiger partial charge in [0.1, 0.15) is 5.82 Å². The van der Waals surface area contributed by atoms with E-state index >= 15 is 0 Å². The van der Waals surface area contributed by atoms with Gasteiger partial charge in [0.15, 0.2) is 0 Å². The zero-order chi connectivity index (χ0) is 14.7. The van der Waals surface area contributed by atoms with Gasteiger partial charge < -0.3 is 10.4 Å². The Morgan fingerprint density at radius 3 is 2.55 bits per heavy atom. The predicted octanol–water partition coefficient (Wildman–Crippen LogP) is 4.44. The molecule has 0 spiro atoms. The minimum Gasteiger partial charge on any atom is -0.478 e. The monoisotopic (exact) mass is 313 g/mol. The Hall–Kier alpha value is -1.78. The van der Waals surface area contributed by atoms with E-state index in [9.17, 15) is 9.18 Å². The largest absolute Gasteiger partial charge is 0.478 e. The molecule has 0 unspecified atom stereocenters. The average molecular weight is 314 g/mol. The zero-order valence-corrected chi connectivity index (χ0v) is 11.7. The summed E-state index contributed by atoms with van der Waals surface area (Å²) in [6, 6.07) is 8.96. The molecule has 0 radical (unpaired) electrons. The second kappa shape index (κ2) is 6.11. The Morgan fingerprint density at radius 2 is 1.95 bits per heavy atom. The van der Waals surface area contributed by atoms with E-state index in [-0.39, 0.29) is 5.56 Å². The number of halogens is 3. The van der Waals surface area contributed by atoms with Crippen LogP contribution in [0.5, 0.6) is 0 Å². The Morgan fingerprint density at radius 1 is 1.20 bits per heavy atom. The molecule has 2 N–H and O–H groups in total. The number of carbonyl (C=O) groups is 1. The molecule has 0 aliphatic heterocycles. The third kappa shape index (κ3) is 3.40. The Bertz CT molecular complexity index is 662. The van der Waals surface area contributed by atoms with Crippen molar-refractivity contribution in [2.75, 3.05) is 5.32 Å². The van der Waals surface area contributed by atoms with Gasteiger partial charge in [-0.05, 0) is 35.9 Å². The average Bonchev–Trinajstić information content (AvgIpc) is 2.37. The van der Waals surface area contributed by atoms with E-state index in [1.54, 1.807) is 24.3 Å². The molecular weight excluding hydrogens is 304 g/mol. The summed E-state index contributed by atoms with van der Waals surface area (Å²) in [6.45, 7) is 0.318. The summed E-state index contributed by atoms with van der Waals surface area (Å²) >= 11 is 11.8. The van der Waals surface area contributed by atoms with Crippen LogP contribution in [-0.2, 0) is 6.54 Å². The van der Waals surface area contributed by atoms with Gasteiger partial charge in [0, 0.05) is 11.6 Å². The van der Waals surface area contributed by atoms with E-state index in [4.69, 9.17) is 28.3 Å². The van der Waals surface area contributed by atoms with Crippen LogP contribution in [0.4, 0.5) is 10.1 Å². The molecule has 0 bridgehead atoms. The highest BCUT2D eigenvalue weighted by Gasteiger charge is 2.10. The van der Waals surface area contributed by atoms with Crippen LogP contribution in [0.1, 0.15) is 15.9 Å². The summed E-state index contributed by atoms with van der Waals surface area (Å²) in [7, 11) is 0. The van der Waals surface area contributed by atoms with Crippen molar-refractivity contribution in [3.63, 3.8) is 0 Å². The van der Waals surface area contributed by atoms with Crippen molar-refractivity contribution in [1.82, 2.24) is 0 Å². The van der Waals surface area contributed by atoms with Gasteiger partial charge in [-0.1, -0.05) is 29.3 Å². The van der Waals surface area contributed by atoms with E-state index in [0.29, 0.717) is 27.8 Å². The normalized spacial score (nSPS) is 10.3. The number of carboxylic acids is 1. The lowest BCUT2D eigenvalue weighted by molar-refractivity contribution is 0.0692. The van der Waals surface area contributed by atoms with E-state index < -0.39 is 11.8 Å². The van der Waals surface area contributed by atoms with Gasteiger partial charge >= 0.3 is 5.97 Å². The van der Waals surface area contributed by atoms with Crippen LogP contribution in [0.2, 0.25) is 10.0 Å². The number of rotatable bonds is 4. The van der Waals surface area contributed by atoms with Gasteiger partial charge in [-0.25, -0.2) is 9.18 Å². The summed E-state index contributed by atoms with van der Waals surface area (Å²) < 4.78 is 13.5. The molecule has 0 amide bonds. The van der Waals surface area contributed by atoms with Crippen molar-refractivity contribution < 1.29 is 14.3 Å². The molecule has 20 heavy (non-hydrogen) atoms. The quantitative estimate of drug-likeness (QED) is 0.877. The van der Waals surface area contributed by atoms with Crippen molar-refractivity contribution in [2.45, 2.75) is 6.54 Å². The van der Waals surface area contributed by atoms with Crippen molar-refractivity contribution in [3.05, 3.63) is 63.4 Å². The summed E-state index contributed by atoms with van der Waals surface area (Å²) in [5, 5.41) is 12.8. The van der Waals surface area contributed by atoms with Gasteiger partial charge in [-0.3, -0.25) is 0 Å². The summed E-state index contributed by atoms with van der Waals surface area (Å²) in [5.41, 5.74) is 0.926. The lowest BCUT2D eigenvalue weighted by Crippen LogP contribution is -2.04. The van der Waals surface area contributed by atoms with E-state index in [1.165, 1.54) is 12.1 Å². The number of nitrogens with one attached hydrogen (secondary N) is 1. The summed E-state index contributed by atoms with van der Waals surface area (Å²) in [5.74, 6) is -2.05. The topological polar surface area (TPSA) is 49.3 Å². The molecule has 3 nitrogen and oxygen atoms in total. The van der Waals surface area contributed by atoms with Gasteiger partial charge in [-0.2, -0.15) is 0 Å². The minimum atomic E-state index is -1.29. The lowest BCUT2D eigenvalue weighted by atomic mass is 10.1. The lowest BCUT2D eigenvalue weighted by Gasteiger charge is -2.09. The molecule has 0 aliphatic rings. The fourth-order valence-electron chi connectivity index (χ4n) is 1.67. The van der Waals surface area contributed by atoms with Crippen LogP contribution in [0, 0.1) is 5.82 Å². The predicted molar refractivity (Wildman–Crippen MR) is 77.1 cm³/mol. The Kier molecular flexibility index (Phi) is 4.47. The first-order valence-electron chi connectivity index (χ1n) is 5.68. The third-order valence-electron chi connectivity index (χ3n) is 2.68. The van der Waals surface area contributed by atoms with Crippen LogP contribution in [-0.4, -0.2) is 11.1 Å². The smallest absolute Gasteiger partial charge is 0.338 e. The second-order valence-electron chi connectivity index (χ2n) is 4.10. The Labute approximate surface area is 124 Å². The maximum absolute atomic E-state index is 13.5. The number of hydrogen-bond acceptors (Lipinski definition) is 2. The van der Waals surface area contributed by atoms with Crippen LogP contribution in [0.25, 0.3) is 0 Å². The number of anilines is 1. The van der Waals surface area contributed by atoms with E-state index in [1.807, 2.05) is 0 Å². The molecule has 0 atom stereocenters. The number of aromatic carboxylic acids is 1. The molecule has 2 rings (SSSR count). The fraction of sp³-hybridized carbons (Fsp3) is 0.0714. The molecule has 104 valence electrons. The maximum Gasteiger partial charge on any atom is 0.338 e. The van der Waals surface area contributed by atoms with Crippen molar-refractivity contribution >= 4 is 34.9 Å². The van der Waals surface area contributed by atoms with Gasteiger partial charge in [0.2, 0.25) is 0 Å². The summed E-state index contributed by atoms with van der Waals surface area (Å²) in [4.78, 5) is 10.7. The van der Waals surface area contributed by atoms with Gasteiger partial charge in [-0.15, -0.1) is 0 Å². The number of benzene rings is 2. The van der Waals surface area contributed by atoms with E-state index in [2.05, 4.69) is 5.32 Å². The summed E-state index contributed by atoms with van der Waals surface area (Å²) in [6.07, 6.45) is 0. The zero-order valence-electron chi connectivity index (χ0n) is 10.2. The van der Waals surface area contributed by atoms with Crippen LogP contribution in [0.3, 0.4) is 0 Å². The van der Waals surface area contributed by atoms with Crippen molar-refractivity contribution in [1.29, 1.82) is 0 Å². The van der Waals surface area contributed by atoms with Crippen LogP contribution in [0.15, 0.2) is 36.4 Å². The molecule has 0 fully saturated rings. The van der Waals surface area contributed by atoms with Crippen molar-refractivity contribution in [3.8, 4) is 0 Å². The molecule has 0 saturated carbocycles. The molecule has 2 aromatic carbocycles. The first kappa shape index (κ1) is 14.6. The molecule has 0 aliphatic carbocycles. The van der Waals surface area contributed by atoms with E-state index in [0.717, 1.165) is 0 Å².